The van der Waals surface area contributed by atoms with Crippen molar-refractivity contribution in [3.05, 3.63) is 35.5 Å². The number of esters is 1. The van der Waals surface area contributed by atoms with E-state index in [2.05, 4.69) is 49.4 Å². The first-order chi connectivity index (χ1) is 17.5. The molecule has 9 heteroatoms. The first-order valence-electron chi connectivity index (χ1n) is 13.1. The van der Waals surface area contributed by atoms with E-state index in [1.807, 2.05) is 18.2 Å². The summed E-state index contributed by atoms with van der Waals surface area (Å²) in [7, 11) is 1.27. The van der Waals surface area contributed by atoms with E-state index in [4.69, 9.17) is 4.74 Å². The van der Waals surface area contributed by atoms with Crippen molar-refractivity contribution in [3.63, 3.8) is 0 Å². The van der Waals surface area contributed by atoms with Crippen molar-refractivity contribution in [3.8, 4) is 0 Å². The van der Waals surface area contributed by atoms with Crippen LogP contribution in [0.4, 0.5) is 0 Å². The number of hydrogen-bond acceptors (Lipinski definition) is 5. The molecule has 0 unspecified atom stereocenters. The molecule has 1 aliphatic carbocycles. The second-order valence-corrected chi connectivity index (χ2v) is 11.6. The van der Waals surface area contributed by atoms with Crippen LogP contribution < -0.4 is 10.6 Å². The first-order valence-corrected chi connectivity index (χ1v) is 13.1. The number of amides is 3. The average Bonchev–Trinajstić information content (AvgIpc) is 3.38. The Bertz CT molecular complexity index is 1260. The zero-order valence-corrected chi connectivity index (χ0v) is 22.1. The van der Waals surface area contributed by atoms with Crippen molar-refractivity contribution in [1.82, 2.24) is 20.5 Å². The molecule has 0 spiro atoms. The Labute approximate surface area is 216 Å². The van der Waals surface area contributed by atoms with E-state index in [1.54, 1.807) is 4.90 Å². The standard InChI is InChI=1S/C28H36N4O5/c1-14(2)16-7-6-8-19-17(16)12-20(30-19)26(35)32-13-18-22(28(18,3)4)23(32)25(34)31-21(27(36)37-5)11-15-9-10-29-24(15)33/h6-8,12,14-15,18,21-23,30H,9-11,13H2,1-5H3,(H,29,33)(H,31,34)/t15-,18-,21-,22-,23-/m0/s1. The molecule has 1 aromatic heterocycles. The fourth-order valence-electron chi connectivity index (χ4n) is 6.52. The third kappa shape index (κ3) is 4.28. The van der Waals surface area contributed by atoms with Crippen molar-refractivity contribution in [1.29, 1.82) is 0 Å². The van der Waals surface area contributed by atoms with Crippen LogP contribution in [0.1, 0.15) is 62.5 Å². The number of fused-ring (bicyclic) bond motifs is 2. The first kappa shape index (κ1) is 25.3. The quantitative estimate of drug-likeness (QED) is 0.497. The number of ether oxygens (including phenoxy) is 1. The van der Waals surface area contributed by atoms with Crippen LogP contribution in [0.25, 0.3) is 10.9 Å². The lowest BCUT2D eigenvalue weighted by Crippen LogP contribution is -2.54. The number of nitrogens with zero attached hydrogens (tertiary/aromatic N) is 1. The molecule has 3 aliphatic rings. The largest absolute Gasteiger partial charge is 0.467 e. The molecule has 3 amide bonds. The normalized spacial score (nSPS) is 26.6. The molecule has 1 aromatic carbocycles. The maximum atomic E-state index is 13.8. The van der Waals surface area contributed by atoms with E-state index in [0.29, 0.717) is 31.1 Å². The van der Waals surface area contributed by atoms with E-state index < -0.39 is 18.1 Å². The number of aromatic nitrogens is 1. The van der Waals surface area contributed by atoms with Crippen LogP contribution >= 0.6 is 0 Å². The number of methoxy groups -OCH3 is 1. The van der Waals surface area contributed by atoms with E-state index in [-0.39, 0.29) is 47.3 Å². The summed E-state index contributed by atoms with van der Waals surface area (Å²) in [6.07, 6.45) is 0.773. The molecular formula is C28H36N4O5. The molecule has 2 saturated heterocycles. The second kappa shape index (κ2) is 9.19. The smallest absolute Gasteiger partial charge is 0.328 e. The highest BCUT2D eigenvalue weighted by Crippen LogP contribution is 2.65. The predicted molar refractivity (Wildman–Crippen MR) is 138 cm³/mol. The van der Waals surface area contributed by atoms with Gasteiger partial charge in [-0.25, -0.2) is 4.79 Å². The molecule has 2 aromatic rings. The van der Waals surface area contributed by atoms with Crippen molar-refractivity contribution in [2.45, 2.75) is 58.5 Å². The third-order valence-corrected chi connectivity index (χ3v) is 8.77. The lowest BCUT2D eigenvalue weighted by atomic mass is 9.96. The molecule has 198 valence electrons. The minimum atomic E-state index is -0.953. The van der Waals surface area contributed by atoms with Crippen LogP contribution in [0.5, 0.6) is 0 Å². The van der Waals surface area contributed by atoms with Crippen LogP contribution in [0.15, 0.2) is 24.3 Å². The predicted octanol–water partition coefficient (Wildman–Crippen LogP) is 2.57. The highest BCUT2D eigenvalue weighted by Gasteiger charge is 2.69. The van der Waals surface area contributed by atoms with Gasteiger partial charge in [0.05, 0.1) is 7.11 Å². The summed E-state index contributed by atoms with van der Waals surface area (Å²) < 4.78 is 4.94. The highest BCUT2D eigenvalue weighted by atomic mass is 16.5. The van der Waals surface area contributed by atoms with Crippen molar-refractivity contribution in [2.24, 2.45) is 23.2 Å². The Balaban J connectivity index is 1.40. The summed E-state index contributed by atoms with van der Waals surface area (Å²) in [5.41, 5.74) is 2.42. The maximum Gasteiger partial charge on any atom is 0.328 e. The van der Waals surface area contributed by atoms with Crippen LogP contribution in [-0.2, 0) is 19.1 Å². The van der Waals surface area contributed by atoms with Gasteiger partial charge in [-0.15, -0.1) is 0 Å². The molecule has 1 saturated carbocycles. The van der Waals surface area contributed by atoms with Gasteiger partial charge in [0.25, 0.3) is 5.91 Å². The summed E-state index contributed by atoms with van der Waals surface area (Å²) >= 11 is 0. The number of carbonyl (C=O) groups excluding carboxylic acids is 4. The second-order valence-electron chi connectivity index (χ2n) is 11.6. The molecule has 37 heavy (non-hydrogen) atoms. The number of aromatic amines is 1. The van der Waals surface area contributed by atoms with Gasteiger partial charge in [0.2, 0.25) is 11.8 Å². The Hall–Kier alpha value is -3.36. The topological polar surface area (TPSA) is 121 Å². The molecule has 0 bridgehead atoms. The van der Waals surface area contributed by atoms with E-state index in [0.717, 1.165) is 16.5 Å². The van der Waals surface area contributed by atoms with E-state index in [1.165, 1.54) is 7.11 Å². The van der Waals surface area contributed by atoms with Gasteiger partial charge in [0, 0.05) is 29.9 Å². The van der Waals surface area contributed by atoms with Gasteiger partial charge in [-0.05, 0) is 53.7 Å². The van der Waals surface area contributed by atoms with Crippen LogP contribution in [0.3, 0.4) is 0 Å². The number of carbonyl (C=O) groups is 4. The number of likely N-dealkylation sites (tertiary alicyclic amines) is 1. The minimum Gasteiger partial charge on any atom is -0.467 e. The number of rotatable bonds is 7. The highest BCUT2D eigenvalue weighted by molar-refractivity contribution is 6.02. The van der Waals surface area contributed by atoms with Crippen LogP contribution in [0, 0.1) is 23.2 Å². The lowest BCUT2D eigenvalue weighted by Gasteiger charge is -2.31. The Morgan fingerprint density at radius 3 is 2.65 bits per heavy atom. The van der Waals surface area contributed by atoms with Crippen molar-refractivity contribution < 1.29 is 23.9 Å². The molecule has 0 radical (unpaired) electrons. The molecule has 3 N–H and O–H groups in total. The van der Waals surface area contributed by atoms with Gasteiger partial charge >= 0.3 is 5.97 Å². The summed E-state index contributed by atoms with van der Waals surface area (Å²) in [6, 6.07) is 6.22. The Kier molecular flexibility index (Phi) is 6.28. The van der Waals surface area contributed by atoms with Gasteiger partial charge in [-0.3, -0.25) is 14.4 Å². The summed E-state index contributed by atoms with van der Waals surface area (Å²) in [6.45, 7) is 9.50. The summed E-state index contributed by atoms with van der Waals surface area (Å²) in [5, 5.41) is 6.61. The SMILES string of the molecule is COC(=O)[C@H](C[C@@H]1CCNC1=O)NC(=O)[C@@H]1[C@@H]2[C@H](CN1C(=O)c1cc3c(C(C)C)cccc3[nH]1)C2(C)C. The molecule has 9 nitrogen and oxygen atoms in total. The third-order valence-electron chi connectivity index (χ3n) is 8.77. The van der Waals surface area contributed by atoms with Gasteiger partial charge in [-0.2, -0.15) is 0 Å². The van der Waals surface area contributed by atoms with E-state index >= 15 is 0 Å². The average molecular weight is 509 g/mol. The van der Waals surface area contributed by atoms with Crippen LogP contribution in [0.2, 0.25) is 0 Å². The molecular weight excluding hydrogens is 472 g/mol. The number of hydrogen-bond donors (Lipinski definition) is 3. The molecule has 5 atom stereocenters. The van der Waals surface area contributed by atoms with E-state index in [9.17, 15) is 19.2 Å². The number of benzene rings is 1. The fourth-order valence-corrected chi connectivity index (χ4v) is 6.52. The number of nitrogens with one attached hydrogen (secondary N) is 3. The molecule has 3 fully saturated rings. The molecule has 5 rings (SSSR count). The zero-order valence-electron chi connectivity index (χ0n) is 22.1. The Morgan fingerprint density at radius 1 is 1.24 bits per heavy atom. The maximum absolute atomic E-state index is 13.8. The fraction of sp³-hybridized carbons (Fsp3) is 0.571. The minimum absolute atomic E-state index is 0.000120. The van der Waals surface area contributed by atoms with Gasteiger partial charge in [0.1, 0.15) is 17.8 Å². The van der Waals surface area contributed by atoms with Gasteiger partial charge in [0.15, 0.2) is 0 Å². The Morgan fingerprint density at radius 2 is 2.00 bits per heavy atom. The number of piperidine rings is 1. The molecule has 3 heterocycles. The summed E-state index contributed by atoms with van der Waals surface area (Å²) in [4.78, 5) is 57.0. The van der Waals surface area contributed by atoms with Gasteiger partial charge < -0.3 is 25.3 Å². The summed E-state index contributed by atoms with van der Waals surface area (Å²) in [5.74, 6) is -1.16. The van der Waals surface area contributed by atoms with Crippen molar-refractivity contribution in [2.75, 3.05) is 20.2 Å². The monoisotopic (exact) mass is 508 g/mol. The van der Waals surface area contributed by atoms with Crippen LogP contribution in [-0.4, -0.2) is 65.9 Å². The molecule has 2 aliphatic heterocycles. The lowest BCUT2D eigenvalue weighted by molar-refractivity contribution is -0.146. The number of H-pyrrole nitrogens is 1. The zero-order chi connectivity index (χ0) is 26.6. The van der Waals surface area contributed by atoms with Gasteiger partial charge in [-0.1, -0.05) is 39.8 Å². The van der Waals surface area contributed by atoms with Crippen molar-refractivity contribution >= 4 is 34.6 Å².